The van der Waals surface area contributed by atoms with E-state index in [-0.39, 0.29) is 11.8 Å². The third-order valence-corrected chi connectivity index (χ3v) is 5.44. The van der Waals surface area contributed by atoms with Crippen LogP contribution in [-0.2, 0) is 9.59 Å². The normalized spacial score (nSPS) is 32.8. The monoisotopic (exact) mass is 280 g/mol. The summed E-state index contributed by atoms with van der Waals surface area (Å²) in [5.41, 5.74) is 0. The van der Waals surface area contributed by atoms with Gasteiger partial charge in [0, 0.05) is 32.6 Å². The molecule has 3 atom stereocenters. The molecule has 3 unspecified atom stereocenters. The second-order valence-electron chi connectivity index (χ2n) is 6.56. The van der Waals surface area contributed by atoms with Gasteiger partial charge in [-0.3, -0.25) is 9.59 Å². The lowest BCUT2D eigenvalue weighted by atomic mass is 9.86. The van der Waals surface area contributed by atoms with Crippen molar-refractivity contribution in [2.24, 2.45) is 17.8 Å². The molecule has 0 aromatic heterocycles. The SMILES string of the molecule is O=C(CO)N1CCN(C(=O)CC2CC3CCC2C3)CC1. The second-order valence-corrected chi connectivity index (χ2v) is 6.56. The number of carbonyl (C=O) groups excluding carboxylic acids is 2. The quantitative estimate of drug-likeness (QED) is 0.818. The number of rotatable bonds is 3. The number of piperazine rings is 1. The van der Waals surface area contributed by atoms with Gasteiger partial charge in [0.1, 0.15) is 6.61 Å². The molecule has 0 aromatic carbocycles. The Morgan fingerprint density at radius 2 is 1.60 bits per heavy atom. The Balaban J connectivity index is 1.46. The number of carbonyl (C=O) groups is 2. The van der Waals surface area contributed by atoms with Gasteiger partial charge in [0.25, 0.3) is 0 Å². The molecule has 1 N–H and O–H groups in total. The summed E-state index contributed by atoms with van der Waals surface area (Å²) >= 11 is 0. The van der Waals surface area contributed by atoms with Crippen LogP contribution in [0.15, 0.2) is 0 Å². The Bertz CT molecular complexity index is 391. The van der Waals surface area contributed by atoms with E-state index in [0.717, 1.165) is 11.8 Å². The zero-order valence-electron chi connectivity index (χ0n) is 12.0. The van der Waals surface area contributed by atoms with E-state index in [1.165, 1.54) is 25.7 Å². The van der Waals surface area contributed by atoms with Crippen molar-refractivity contribution in [3.05, 3.63) is 0 Å². The molecule has 0 radical (unpaired) electrons. The molecule has 0 spiro atoms. The van der Waals surface area contributed by atoms with E-state index >= 15 is 0 Å². The molecule has 112 valence electrons. The van der Waals surface area contributed by atoms with Crippen LogP contribution in [0, 0.1) is 17.8 Å². The fourth-order valence-corrected chi connectivity index (χ4v) is 4.29. The van der Waals surface area contributed by atoms with Gasteiger partial charge in [-0.25, -0.2) is 0 Å². The molecule has 3 fully saturated rings. The van der Waals surface area contributed by atoms with Gasteiger partial charge in [0.2, 0.25) is 11.8 Å². The van der Waals surface area contributed by atoms with Gasteiger partial charge in [-0.2, -0.15) is 0 Å². The van der Waals surface area contributed by atoms with Crippen LogP contribution in [0.5, 0.6) is 0 Å². The Hall–Kier alpha value is -1.10. The molecule has 2 saturated carbocycles. The molecule has 3 aliphatic rings. The standard InChI is InChI=1S/C15H24N2O3/c18-10-15(20)17-5-3-16(4-6-17)14(19)9-13-8-11-1-2-12(13)7-11/h11-13,18H,1-10H2. The maximum Gasteiger partial charge on any atom is 0.248 e. The first-order chi connectivity index (χ1) is 9.67. The number of hydrogen-bond donors (Lipinski definition) is 1. The van der Waals surface area contributed by atoms with E-state index in [0.29, 0.717) is 38.5 Å². The molecule has 3 rings (SSSR count). The van der Waals surface area contributed by atoms with E-state index in [2.05, 4.69) is 0 Å². The summed E-state index contributed by atoms with van der Waals surface area (Å²) in [6.45, 7) is 1.92. The lowest BCUT2D eigenvalue weighted by Crippen LogP contribution is -2.51. The fraction of sp³-hybridized carbons (Fsp3) is 0.867. The number of fused-ring (bicyclic) bond motifs is 2. The summed E-state index contributed by atoms with van der Waals surface area (Å²) in [5.74, 6) is 2.32. The summed E-state index contributed by atoms with van der Waals surface area (Å²) in [5, 5.41) is 8.84. The largest absolute Gasteiger partial charge is 0.387 e. The van der Waals surface area contributed by atoms with Crippen LogP contribution in [0.3, 0.4) is 0 Å². The van der Waals surface area contributed by atoms with E-state index in [1.54, 1.807) is 4.90 Å². The molecule has 1 heterocycles. The molecular formula is C15H24N2O3. The van der Waals surface area contributed by atoms with E-state index < -0.39 is 6.61 Å². The molecule has 2 bridgehead atoms. The highest BCUT2D eigenvalue weighted by Crippen LogP contribution is 2.49. The first-order valence-electron chi connectivity index (χ1n) is 7.83. The van der Waals surface area contributed by atoms with Crippen LogP contribution in [0.1, 0.15) is 32.1 Å². The molecule has 5 nitrogen and oxygen atoms in total. The molecule has 1 saturated heterocycles. The summed E-state index contributed by atoms with van der Waals surface area (Å²) in [6.07, 6.45) is 5.99. The zero-order chi connectivity index (χ0) is 14.1. The maximum atomic E-state index is 12.3. The van der Waals surface area contributed by atoms with Gasteiger partial charge in [0.15, 0.2) is 0 Å². The third-order valence-electron chi connectivity index (χ3n) is 5.44. The van der Waals surface area contributed by atoms with Crippen LogP contribution in [0.4, 0.5) is 0 Å². The number of amides is 2. The zero-order valence-corrected chi connectivity index (χ0v) is 12.0. The summed E-state index contributed by atoms with van der Waals surface area (Å²) in [6, 6.07) is 0. The number of hydrogen-bond acceptors (Lipinski definition) is 3. The Kier molecular flexibility index (Phi) is 3.96. The summed E-state index contributed by atoms with van der Waals surface area (Å²) in [4.78, 5) is 27.3. The van der Waals surface area contributed by atoms with Gasteiger partial charge in [-0.15, -0.1) is 0 Å². The highest BCUT2D eigenvalue weighted by molar-refractivity contribution is 5.79. The van der Waals surface area contributed by atoms with Crippen LogP contribution in [0.2, 0.25) is 0 Å². The minimum absolute atomic E-state index is 0.231. The summed E-state index contributed by atoms with van der Waals surface area (Å²) in [7, 11) is 0. The molecule has 0 aromatic rings. The number of aliphatic hydroxyl groups is 1. The third kappa shape index (κ3) is 2.68. The highest BCUT2D eigenvalue weighted by atomic mass is 16.3. The Morgan fingerprint density at radius 3 is 2.10 bits per heavy atom. The van der Waals surface area contributed by atoms with Crippen molar-refractivity contribution in [2.45, 2.75) is 32.1 Å². The van der Waals surface area contributed by atoms with Crippen LogP contribution < -0.4 is 0 Å². The Morgan fingerprint density at radius 1 is 0.950 bits per heavy atom. The molecule has 2 amide bonds. The van der Waals surface area contributed by atoms with Crippen molar-refractivity contribution < 1.29 is 14.7 Å². The fourth-order valence-electron chi connectivity index (χ4n) is 4.29. The van der Waals surface area contributed by atoms with Crippen molar-refractivity contribution in [1.29, 1.82) is 0 Å². The number of aliphatic hydroxyl groups excluding tert-OH is 1. The van der Waals surface area contributed by atoms with Gasteiger partial charge in [-0.05, 0) is 37.0 Å². The van der Waals surface area contributed by atoms with Gasteiger partial charge in [0.05, 0.1) is 0 Å². The van der Waals surface area contributed by atoms with Crippen molar-refractivity contribution >= 4 is 11.8 Å². The van der Waals surface area contributed by atoms with Crippen molar-refractivity contribution in [1.82, 2.24) is 9.80 Å². The van der Waals surface area contributed by atoms with E-state index in [1.807, 2.05) is 4.90 Å². The average molecular weight is 280 g/mol. The van der Waals surface area contributed by atoms with Crippen LogP contribution >= 0.6 is 0 Å². The van der Waals surface area contributed by atoms with Gasteiger partial charge in [-0.1, -0.05) is 6.42 Å². The molecule has 5 heteroatoms. The topological polar surface area (TPSA) is 60.9 Å². The van der Waals surface area contributed by atoms with Gasteiger partial charge >= 0.3 is 0 Å². The molecule has 20 heavy (non-hydrogen) atoms. The van der Waals surface area contributed by atoms with Crippen molar-refractivity contribution in [3.8, 4) is 0 Å². The van der Waals surface area contributed by atoms with Crippen LogP contribution in [-0.4, -0.2) is 59.5 Å². The molecule has 1 aliphatic heterocycles. The molecular weight excluding hydrogens is 256 g/mol. The van der Waals surface area contributed by atoms with Crippen molar-refractivity contribution in [2.75, 3.05) is 32.8 Å². The summed E-state index contributed by atoms with van der Waals surface area (Å²) < 4.78 is 0. The lowest BCUT2D eigenvalue weighted by molar-refractivity contribution is -0.141. The Labute approximate surface area is 119 Å². The predicted molar refractivity (Wildman–Crippen MR) is 73.8 cm³/mol. The average Bonchev–Trinajstić information content (AvgIpc) is 3.09. The van der Waals surface area contributed by atoms with E-state index in [9.17, 15) is 9.59 Å². The minimum atomic E-state index is -0.431. The van der Waals surface area contributed by atoms with Crippen LogP contribution in [0.25, 0.3) is 0 Å². The predicted octanol–water partition coefficient (Wildman–Crippen LogP) is 0.476. The molecule has 2 aliphatic carbocycles. The minimum Gasteiger partial charge on any atom is -0.387 e. The maximum absolute atomic E-state index is 12.3. The highest BCUT2D eigenvalue weighted by Gasteiger charge is 2.40. The number of nitrogens with zero attached hydrogens (tertiary/aromatic N) is 2. The first-order valence-corrected chi connectivity index (χ1v) is 7.83. The second kappa shape index (κ2) is 5.72. The van der Waals surface area contributed by atoms with Gasteiger partial charge < -0.3 is 14.9 Å². The van der Waals surface area contributed by atoms with E-state index in [4.69, 9.17) is 5.11 Å². The smallest absolute Gasteiger partial charge is 0.248 e. The lowest BCUT2D eigenvalue weighted by Gasteiger charge is -2.35. The first kappa shape index (κ1) is 13.9. The van der Waals surface area contributed by atoms with Crippen molar-refractivity contribution in [3.63, 3.8) is 0 Å².